The van der Waals surface area contributed by atoms with Crippen molar-refractivity contribution >= 4 is 53.3 Å². The largest absolute Gasteiger partial charge is 0.140 e. The van der Waals surface area contributed by atoms with Crippen molar-refractivity contribution in [3.8, 4) is 0 Å². The quantitative estimate of drug-likeness (QED) is 0.658. The molecule has 68 valence electrons. The molecule has 0 nitrogen and oxygen atoms in total. The summed E-state index contributed by atoms with van der Waals surface area (Å²) in [4.78, 5) is 1.41. The van der Waals surface area contributed by atoms with Crippen LogP contribution in [0.25, 0.3) is 10.1 Å². The highest BCUT2D eigenvalue weighted by Gasteiger charge is 2.07. The van der Waals surface area contributed by atoms with Crippen molar-refractivity contribution in [1.29, 1.82) is 0 Å². The van der Waals surface area contributed by atoms with Crippen LogP contribution < -0.4 is 0 Å². The van der Waals surface area contributed by atoms with Gasteiger partial charge in [0.1, 0.15) is 0 Å². The Morgan fingerprint density at radius 2 is 2.15 bits per heavy atom. The van der Waals surface area contributed by atoms with Gasteiger partial charge in [0.2, 0.25) is 0 Å². The summed E-state index contributed by atoms with van der Waals surface area (Å²) in [6.45, 7) is 2.18. The highest BCUT2D eigenvalue weighted by atomic mass is 79.9. The van der Waals surface area contributed by atoms with Gasteiger partial charge in [0.05, 0.1) is 0 Å². The third-order valence-electron chi connectivity index (χ3n) is 2.09. The van der Waals surface area contributed by atoms with E-state index in [1.165, 1.54) is 20.5 Å². The third kappa shape index (κ3) is 1.69. The highest BCUT2D eigenvalue weighted by Crippen LogP contribution is 2.33. The summed E-state index contributed by atoms with van der Waals surface area (Å²) in [5.41, 5.74) is 1.42. The van der Waals surface area contributed by atoms with Gasteiger partial charge in [-0.1, -0.05) is 37.9 Å². The van der Waals surface area contributed by atoms with Crippen LogP contribution in [0.1, 0.15) is 10.4 Å². The first-order valence-electron chi connectivity index (χ1n) is 3.96. The Morgan fingerprint density at radius 3 is 2.85 bits per heavy atom. The van der Waals surface area contributed by atoms with Crippen LogP contribution in [-0.2, 0) is 5.33 Å². The van der Waals surface area contributed by atoms with Gasteiger partial charge in [-0.2, -0.15) is 0 Å². The molecule has 0 N–H and O–H groups in total. The number of hydrogen-bond acceptors (Lipinski definition) is 1. The zero-order valence-electron chi connectivity index (χ0n) is 7.10. The van der Waals surface area contributed by atoms with E-state index in [9.17, 15) is 0 Å². The lowest BCUT2D eigenvalue weighted by Gasteiger charge is -1.94. The van der Waals surface area contributed by atoms with Gasteiger partial charge in [-0.15, -0.1) is 11.3 Å². The van der Waals surface area contributed by atoms with Gasteiger partial charge in [0.25, 0.3) is 0 Å². The van der Waals surface area contributed by atoms with Gasteiger partial charge in [-0.3, -0.25) is 0 Å². The molecule has 0 saturated carbocycles. The third-order valence-corrected chi connectivity index (χ3v) is 4.25. The molecule has 3 heteroatoms. The standard InChI is InChI=1S/C10H8Br2S/c1-6-9(5-11)8-3-2-7(12)4-10(8)13-6/h2-4H,5H2,1H3. The summed E-state index contributed by atoms with van der Waals surface area (Å²) in [5.74, 6) is 0. The van der Waals surface area contributed by atoms with Crippen molar-refractivity contribution in [3.05, 3.63) is 33.1 Å². The Morgan fingerprint density at radius 1 is 1.38 bits per heavy atom. The van der Waals surface area contributed by atoms with E-state index >= 15 is 0 Å². The molecule has 2 aromatic rings. The molecule has 0 aliphatic carbocycles. The summed E-state index contributed by atoms with van der Waals surface area (Å²) >= 11 is 8.86. The molecule has 0 radical (unpaired) electrons. The molecule has 1 aromatic heterocycles. The molecular weight excluding hydrogens is 312 g/mol. The fourth-order valence-electron chi connectivity index (χ4n) is 1.41. The lowest BCUT2D eigenvalue weighted by atomic mass is 10.2. The molecule has 1 heterocycles. The minimum atomic E-state index is 0.945. The normalized spacial score (nSPS) is 11.0. The van der Waals surface area contributed by atoms with Crippen LogP contribution in [0.3, 0.4) is 0 Å². The number of aryl methyl sites for hydroxylation is 1. The van der Waals surface area contributed by atoms with E-state index in [1.54, 1.807) is 0 Å². The van der Waals surface area contributed by atoms with Gasteiger partial charge in [0, 0.05) is 19.4 Å². The van der Waals surface area contributed by atoms with Gasteiger partial charge < -0.3 is 0 Å². The van der Waals surface area contributed by atoms with Gasteiger partial charge in [-0.05, 0) is 30.0 Å². The number of thiophene rings is 1. The van der Waals surface area contributed by atoms with Crippen LogP contribution in [-0.4, -0.2) is 0 Å². The van der Waals surface area contributed by atoms with Gasteiger partial charge >= 0.3 is 0 Å². The first-order valence-corrected chi connectivity index (χ1v) is 6.69. The average Bonchev–Trinajstić information content (AvgIpc) is 2.39. The van der Waals surface area contributed by atoms with Crippen molar-refractivity contribution in [2.45, 2.75) is 12.3 Å². The number of benzene rings is 1. The van der Waals surface area contributed by atoms with Crippen molar-refractivity contribution in [2.75, 3.05) is 0 Å². The Balaban J connectivity index is 2.79. The number of hydrogen-bond donors (Lipinski definition) is 0. The monoisotopic (exact) mass is 318 g/mol. The minimum absolute atomic E-state index is 0.945. The summed E-state index contributed by atoms with van der Waals surface area (Å²) in [7, 11) is 0. The second-order valence-corrected chi connectivity index (χ2v) is 5.64. The van der Waals surface area contributed by atoms with E-state index in [2.05, 4.69) is 57.0 Å². The summed E-state index contributed by atoms with van der Waals surface area (Å²) in [5, 5.41) is 2.32. The maximum Gasteiger partial charge on any atom is 0.0359 e. The first-order chi connectivity index (χ1) is 6.22. The van der Waals surface area contributed by atoms with E-state index < -0.39 is 0 Å². The van der Waals surface area contributed by atoms with E-state index in [1.807, 2.05) is 11.3 Å². The maximum absolute atomic E-state index is 3.52. The Kier molecular flexibility index (Phi) is 2.77. The summed E-state index contributed by atoms with van der Waals surface area (Å²) in [6, 6.07) is 6.46. The molecule has 0 aliphatic heterocycles. The maximum atomic E-state index is 3.52. The highest BCUT2D eigenvalue weighted by molar-refractivity contribution is 9.10. The van der Waals surface area contributed by atoms with E-state index in [0.717, 1.165) is 9.80 Å². The summed E-state index contributed by atoms with van der Waals surface area (Å²) < 4.78 is 2.52. The lowest BCUT2D eigenvalue weighted by molar-refractivity contribution is 1.44. The molecule has 0 saturated heterocycles. The number of fused-ring (bicyclic) bond motifs is 1. The lowest BCUT2D eigenvalue weighted by Crippen LogP contribution is -1.75. The van der Waals surface area contributed by atoms with Crippen LogP contribution in [0.2, 0.25) is 0 Å². The number of rotatable bonds is 1. The first kappa shape index (κ1) is 9.69. The van der Waals surface area contributed by atoms with Crippen LogP contribution >= 0.6 is 43.2 Å². The molecule has 0 atom stereocenters. The van der Waals surface area contributed by atoms with Crippen LogP contribution in [0.15, 0.2) is 22.7 Å². The Bertz CT molecular complexity index is 445. The molecule has 2 rings (SSSR count). The zero-order chi connectivity index (χ0) is 9.42. The van der Waals surface area contributed by atoms with Gasteiger partial charge in [0.15, 0.2) is 0 Å². The van der Waals surface area contributed by atoms with E-state index in [4.69, 9.17) is 0 Å². The molecule has 0 bridgehead atoms. The molecule has 0 amide bonds. The van der Waals surface area contributed by atoms with E-state index in [-0.39, 0.29) is 0 Å². The van der Waals surface area contributed by atoms with Crippen molar-refractivity contribution in [2.24, 2.45) is 0 Å². The van der Waals surface area contributed by atoms with Crippen molar-refractivity contribution < 1.29 is 0 Å². The van der Waals surface area contributed by atoms with Crippen LogP contribution in [0.4, 0.5) is 0 Å². The zero-order valence-corrected chi connectivity index (χ0v) is 11.1. The SMILES string of the molecule is Cc1sc2cc(Br)ccc2c1CBr. The molecule has 0 aliphatic rings. The van der Waals surface area contributed by atoms with Crippen LogP contribution in [0, 0.1) is 6.92 Å². The molecule has 0 unspecified atom stereocenters. The number of alkyl halides is 1. The predicted octanol–water partition coefficient (Wildman–Crippen LogP) is 4.87. The molecule has 1 aromatic carbocycles. The molecule has 0 spiro atoms. The Hall–Kier alpha value is 0.140. The summed E-state index contributed by atoms with van der Waals surface area (Å²) in [6.07, 6.45) is 0. The second-order valence-electron chi connectivity index (χ2n) is 2.91. The second kappa shape index (κ2) is 3.71. The molecule has 13 heavy (non-hydrogen) atoms. The minimum Gasteiger partial charge on any atom is -0.140 e. The fraction of sp³-hybridized carbons (Fsp3) is 0.200. The smallest absolute Gasteiger partial charge is 0.0359 e. The van der Waals surface area contributed by atoms with Crippen LogP contribution in [0.5, 0.6) is 0 Å². The van der Waals surface area contributed by atoms with Crippen molar-refractivity contribution in [1.82, 2.24) is 0 Å². The predicted molar refractivity (Wildman–Crippen MR) is 66.9 cm³/mol. The van der Waals surface area contributed by atoms with E-state index in [0.29, 0.717) is 0 Å². The Labute approximate surface area is 98.2 Å². The number of halogens is 2. The molecular formula is C10H8Br2S. The topological polar surface area (TPSA) is 0 Å². The average molecular weight is 320 g/mol. The van der Waals surface area contributed by atoms with Crippen molar-refractivity contribution in [3.63, 3.8) is 0 Å². The molecule has 0 fully saturated rings. The van der Waals surface area contributed by atoms with Gasteiger partial charge in [-0.25, -0.2) is 0 Å². The fourth-order valence-corrected chi connectivity index (χ4v) is 3.96.